The first-order chi connectivity index (χ1) is 12.6. The number of rotatable bonds is 6. The molecular formula is C17H14N4O4S. The summed E-state index contributed by atoms with van der Waals surface area (Å²) in [7, 11) is 0. The molecule has 0 bridgehead atoms. The van der Waals surface area contributed by atoms with Crippen molar-refractivity contribution >= 4 is 29.2 Å². The highest BCUT2D eigenvalue weighted by molar-refractivity contribution is 7.80. The largest absolute Gasteiger partial charge is 0.467 e. The third-order valence-electron chi connectivity index (χ3n) is 3.35. The quantitative estimate of drug-likeness (QED) is 0.296. The summed E-state index contributed by atoms with van der Waals surface area (Å²) in [5, 5.41) is 18.0. The molecule has 0 aliphatic rings. The Morgan fingerprint density at radius 2 is 2.04 bits per heavy atom. The fourth-order valence-corrected chi connectivity index (χ4v) is 2.22. The molecular weight excluding hydrogens is 356 g/mol. The van der Waals surface area contributed by atoms with E-state index in [0.29, 0.717) is 23.2 Å². The first-order valence-corrected chi connectivity index (χ1v) is 7.96. The van der Waals surface area contributed by atoms with Crippen LogP contribution >= 0.6 is 12.2 Å². The predicted molar refractivity (Wildman–Crippen MR) is 99.7 cm³/mol. The van der Waals surface area contributed by atoms with E-state index < -0.39 is 4.92 Å². The van der Waals surface area contributed by atoms with Crippen molar-refractivity contribution in [3.8, 4) is 11.3 Å². The van der Waals surface area contributed by atoms with Crippen molar-refractivity contribution in [3.05, 3.63) is 76.4 Å². The fraction of sp³-hybridized carbons (Fsp3) is 0.0588. The second-order valence-corrected chi connectivity index (χ2v) is 5.55. The minimum atomic E-state index is -0.446. The van der Waals surface area contributed by atoms with Gasteiger partial charge in [0.15, 0.2) is 5.11 Å². The second-order valence-electron chi connectivity index (χ2n) is 5.14. The molecule has 0 radical (unpaired) electrons. The zero-order chi connectivity index (χ0) is 18.4. The van der Waals surface area contributed by atoms with Gasteiger partial charge in [0.1, 0.15) is 17.3 Å². The van der Waals surface area contributed by atoms with Crippen LogP contribution < -0.4 is 10.7 Å². The standard InChI is InChI=1S/C17H14N4O4S/c22-21(23)13-5-3-12(4-6-13)16-8-7-15(25-16)11-19-20-17(26)18-10-14-2-1-9-24-14/h1-9,11H,10H2,(H2,18,20,26)/b19-11+. The highest BCUT2D eigenvalue weighted by atomic mass is 32.1. The van der Waals surface area contributed by atoms with Crippen molar-refractivity contribution in [2.45, 2.75) is 6.54 Å². The number of hydrogen-bond acceptors (Lipinski definition) is 6. The lowest BCUT2D eigenvalue weighted by Gasteiger charge is -2.04. The highest BCUT2D eigenvalue weighted by Crippen LogP contribution is 2.23. The number of benzene rings is 1. The number of hydrazone groups is 1. The van der Waals surface area contributed by atoms with Gasteiger partial charge < -0.3 is 14.2 Å². The number of nitro benzene ring substituents is 1. The van der Waals surface area contributed by atoms with E-state index in [9.17, 15) is 10.1 Å². The van der Waals surface area contributed by atoms with E-state index in [1.165, 1.54) is 18.3 Å². The maximum absolute atomic E-state index is 10.7. The first kappa shape index (κ1) is 17.4. The zero-order valence-corrected chi connectivity index (χ0v) is 14.2. The summed E-state index contributed by atoms with van der Waals surface area (Å²) < 4.78 is 10.8. The number of non-ortho nitro benzene ring substituents is 1. The van der Waals surface area contributed by atoms with E-state index in [1.54, 1.807) is 36.6 Å². The van der Waals surface area contributed by atoms with E-state index in [0.717, 1.165) is 11.3 Å². The lowest BCUT2D eigenvalue weighted by Crippen LogP contribution is -2.31. The van der Waals surface area contributed by atoms with Crippen molar-refractivity contribution in [1.82, 2.24) is 10.7 Å². The van der Waals surface area contributed by atoms with Crippen molar-refractivity contribution < 1.29 is 13.8 Å². The minimum Gasteiger partial charge on any atom is -0.467 e. The number of nitrogens with zero attached hydrogens (tertiary/aromatic N) is 2. The zero-order valence-electron chi connectivity index (χ0n) is 13.4. The molecule has 9 heteroatoms. The summed E-state index contributed by atoms with van der Waals surface area (Å²) in [6.07, 6.45) is 3.07. The van der Waals surface area contributed by atoms with Gasteiger partial charge in [-0.15, -0.1) is 0 Å². The van der Waals surface area contributed by atoms with E-state index in [2.05, 4.69) is 15.8 Å². The van der Waals surface area contributed by atoms with Gasteiger partial charge in [-0.25, -0.2) is 0 Å². The summed E-state index contributed by atoms with van der Waals surface area (Å²) >= 11 is 5.09. The SMILES string of the molecule is O=[N+]([O-])c1ccc(-c2ccc(/C=N/NC(=S)NCc3ccco3)o2)cc1. The van der Waals surface area contributed by atoms with Crippen LogP contribution in [0.25, 0.3) is 11.3 Å². The molecule has 0 atom stereocenters. The Labute approximate surface area is 153 Å². The van der Waals surface area contributed by atoms with Crippen molar-refractivity contribution in [3.63, 3.8) is 0 Å². The van der Waals surface area contributed by atoms with E-state index in [1.807, 2.05) is 6.07 Å². The molecule has 2 aromatic heterocycles. The highest BCUT2D eigenvalue weighted by Gasteiger charge is 2.08. The molecule has 8 nitrogen and oxygen atoms in total. The van der Waals surface area contributed by atoms with Crippen LogP contribution in [0.3, 0.4) is 0 Å². The molecule has 0 spiro atoms. The molecule has 2 N–H and O–H groups in total. The Morgan fingerprint density at radius 3 is 2.73 bits per heavy atom. The van der Waals surface area contributed by atoms with Crippen LogP contribution in [0.1, 0.15) is 11.5 Å². The smallest absolute Gasteiger partial charge is 0.269 e. The average Bonchev–Trinajstić information content (AvgIpc) is 3.32. The molecule has 0 unspecified atom stereocenters. The van der Waals surface area contributed by atoms with Gasteiger partial charge in [-0.1, -0.05) is 0 Å². The number of nitro groups is 1. The number of hydrogen-bond donors (Lipinski definition) is 2. The average molecular weight is 370 g/mol. The maximum Gasteiger partial charge on any atom is 0.269 e. The van der Waals surface area contributed by atoms with Gasteiger partial charge in [-0.3, -0.25) is 15.5 Å². The molecule has 0 amide bonds. The second kappa shape index (κ2) is 8.08. The number of nitrogens with one attached hydrogen (secondary N) is 2. The van der Waals surface area contributed by atoms with E-state index in [4.69, 9.17) is 21.1 Å². The molecule has 1 aromatic carbocycles. The van der Waals surface area contributed by atoms with Crippen molar-refractivity contribution in [2.24, 2.45) is 5.10 Å². The van der Waals surface area contributed by atoms with Crippen LogP contribution in [0.15, 0.2) is 68.7 Å². The normalized spacial score (nSPS) is 10.8. The third kappa shape index (κ3) is 4.54. The molecule has 0 saturated heterocycles. The minimum absolute atomic E-state index is 0.0295. The Bertz CT molecular complexity index is 917. The molecule has 0 aliphatic carbocycles. The van der Waals surface area contributed by atoms with Crippen molar-refractivity contribution in [2.75, 3.05) is 0 Å². The number of furan rings is 2. The van der Waals surface area contributed by atoms with Gasteiger partial charge >= 0.3 is 0 Å². The van der Waals surface area contributed by atoms with Crippen LogP contribution in [-0.2, 0) is 6.54 Å². The summed E-state index contributed by atoms with van der Waals surface area (Å²) in [6, 6.07) is 13.2. The molecule has 3 aromatic rings. The Kier molecular flexibility index (Phi) is 5.40. The van der Waals surface area contributed by atoms with Gasteiger partial charge in [0.05, 0.1) is 23.9 Å². The maximum atomic E-state index is 10.7. The molecule has 2 heterocycles. The molecule has 3 rings (SSSR count). The lowest BCUT2D eigenvalue weighted by molar-refractivity contribution is -0.384. The van der Waals surface area contributed by atoms with Gasteiger partial charge in [0.25, 0.3) is 5.69 Å². The lowest BCUT2D eigenvalue weighted by atomic mass is 10.1. The Morgan fingerprint density at radius 1 is 1.23 bits per heavy atom. The van der Waals surface area contributed by atoms with Crippen LogP contribution in [0.4, 0.5) is 5.69 Å². The summed E-state index contributed by atoms with van der Waals surface area (Å²) in [6.45, 7) is 0.458. The topological polar surface area (TPSA) is 106 Å². The summed E-state index contributed by atoms with van der Waals surface area (Å²) in [5.74, 6) is 1.86. The van der Waals surface area contributed by atoms with Crippen LogP contribution in [0.5, 0.6) is 0 Å². The van der Waals surface area contributed by atoms with Crippen LogP contribution in [-0.4, -0.2) is 16.3 Å². The number of thiocarbonyl (C=S) groups is 1. The summed E-state index contributed by atoms with van der Waals surface area (Å²) in [4.78, 5) is 10.2. The van der Waals surface area contributed by atoms with Crippen molar-refractivity contribution in [1.29, 1.82) is 0 Å². The van der Waals surface area contributed by atoms with E-state index in [-0.39, 0.29) is 5.69 Å². The predicted octanol–water partition coefficient (Wildman–Crippen LogP) is 3.45. The van der Waals surface area contributed by atoms with Gasteiger partial charge in [-0.05, 0) is 48.6 Å². The van der Waals surface area contributed by atoms with E-state index >= 15 is 0 Å². The van der Waals surface area contributed by atoms with Crippen LogP contribution in [0.2, 0.25) is 0 Å². The Balaban J connectivity index is 1.53. The molecule has 26 heavy (non-hydrogen) atoms. The van der Waals surface area contributed by atoms with Gasteiger partial charge in [-0.2, -0.15) is 5.10 Å². The summed E-state index contributed by atoms with van der Waals surface area (Å²) in [5.41, 5.74) is 3.44. The fourth-order valence-electron chi connectivity index (χ4n) is 2.10. The van der Waals surface area contributed by atoms with Gasteiger partial charge in [0, 0.05) is 17.7 Å². The molecule has 0 fully saturated rings. The monoisotopic (exact) mass is 370 g/mol. The molecule has 132 valence electrons. The Hall–Kier alpha value is -3.46. The third-order valence-corrected chi connectivity index (χ3v) is 3.59. The molecule has 0 saturated carbocycles. The van der Waals surface area contributed by atoms with Gasteiger partial charge in [0.2, 0.25) is 0 Å². The molecule has 0 aliphatic heterocycles. The first-order valence-electron chi connectivity index (χ1n) is 7.56. The van der Waals surface area contributed by atoms with Crippen LogP contribution in [0, 0.1) is 10.1 Å².